The van der Waals surface area contributed by atoms with Crippen LogP contribution in [0.5, 0.6) is 0 Å². The van der Waals surface area contributed by atoms with Gasteiger partial charge in [-0.1, -0.05) is 35.2 Å². The van der Waals surface area contributed by atoms with E-state index in [0.717, 1.165) is 51.1 Å². The van der Waals surface area contributed by atoms with E-state index in [1.165, 1.54) is 22.0 Å². The van der Waals surface area contributed by atoms with Crippen molar-refractivity contribution in [2.24, 2.45) is 5.92 Å². The molecule has 5 rings (SSSR count). The molecule has 7 nitrogen and oxygen atoms in total. The minimum atomic E-state index is -4.64. The lowest BCUT2D eigenvalue weighted by atomic mass is 9.87. The summed E-state index contributed by atoms with van der Waals surface area (Å²) in [5, 5.41) is 1.22. The quantitative estimate of drug-likeness (QED) is 0.345. The minimum Gasteiger partial charge on any atom is -0.465 e. The number of fused-ring (bicyclic) bond motifs is 2. The highest BCUT2D eigenvalue weighted by molar-refractivity contribution is 8.00. The highest BCUT2D eigenvalue weighted by atomic mass is 32.2. The predicted molar refractivity (Wildman–Crippen MR) is 128 cm³/mol. The summed E-state index contributed by atoms with van der Waals surface area (Å²) in [6.07, 6.45) is -4.64. The molecule has 0 spiro atoms. The number of thiophene rings is 1. The number of thioether (sulfide) groups is 1. The van der Waals surface area contributed by atoms with E-state index in [1.807, 2.05) is 0 Å². The Morgan fingerprint density at radius 1 is 1.11 bits per heavy atom. The van der Waals surface area contributed by atoms with Crippen LogP contribution in [0.1, 0.15) is 28.2 Å². The van der Waals surface area contributed by atoms with Gasteiger partial charge in [-0.2, -0.15) is 13.2 Å². The Labute approximate surface area is 214 Å². The van der Waals surface area contributed by atoms with Crippen molar-refractivity contribution in [3.05, 3.63) is 66.8 Å². The predicted octanol–water partition coefficient (Wildman–Crippen LogP) is 4.35. The number of hydrogen-bond acceptors (Lipinski definition) is 8. The topological polar surface area (TPSA) is 85.7 Å². The summed E-state index contributed by atoms with van der Waals surface area (Å²) in [6, 6.07) is 7.66. The van der Waals surface area contributed by atoms with E-state index in [0.29, 0.717) is 9.90 Å². The van der Waals surface area contributed by atoms with Crippen LogP contribution in [0.4, 0.5) is 18.9 Å². The van der Waals surface area contributed by atoms with Gasteiger partial charge in [-0.25, -0.2) is 4.90 Å². The maximum Gasteiger partial charge on any atom is 0.416 e. The molecule has 0 aliphatic carbocycles. The maximum absolute atomic E-state index is 13.6. The van der Waals surface area contributed by atoms with Gasteiger partial charge in [-0.05, 0) is 36.6 Å². The molecule has 0 unspecified atom stereocenters. The highest BCUT2D eigenvalue weighted by Crippen LogP contribution is 2.54. The number of esters is 1. The van der Waals surface area contributed by atoms with Gasteiger partial charge in [0.2, 0.25) is 11.8 Å². The molecule has 36 heavy (non-hydrogen) atoms. The minimum absolute atomic E-state index is 0.133. The van der Waals surface area contributed by atoms with Gasteiger partial charge in [0.15, 0.2) is 0 Å². The van der Waals surface area contributed by atoms with Crippen LogP contribution in [0.2, 0.25) is 0 Å². The zero-order valence-electron chi connectivity index (χ0n) is 18.5. The zero-order valence-corrected chi connectivity index (χ0v) is 20.9. The fourth-order valence-electron chi connectivity index (χ4n) is 4.44. The number of rotatable bonds is 5. The van der Waals surface area contributed by atoms with Crippen LogP contribution < -0.4 is 9.77 Å². The first kappa shape index (κ1) is 24.8. The van der Waals surface area contributed by atoms with Crippen molar-refractivity contribution in [2.75, 3.05) is 11.5 Å². The summed E-state index contributed by atoms with van der Waals surface area (Å²) in [6.45, 7) is 1.43. The molecule has 4 heterocycles. The van der Waals surface area contributed by atoms with E-state index >= 15 is 0 Å². The molecule has 3 aromatic rings. The largest absolute Gasteiger partial charge is 0.465 e. The van der Waals surface area contributed by atoms with Crippen molar-refractivity contribution < 1.29 is 32.3 Å². The van der Waals surface area contributed by atoms with Crippen molar-refractivity contribution in [3.8, 4) is 0 Å². The van der Waals surface area contributed by atoms with Crippen molar-refractivity contribution in [1.29, 1.82) is 0 Å². The number of aromatic nitrogens is 1. The molecule has 13 heteroatoms. The first-order valence-corrected chi connectivity index (χ1v) is 13.3. The van der Waals surface area contributed by atoms with E-state index in [2.05, 4.69) is 0 Å². The SMILES string of the molecule is CCOC(=O)Cn1c2c(sc1=O)[C@@H](c1cccs1)[C@@H]1C(=O)N(c3cccc(C(F)(F)F)c3)C(=O)[C@@H]1S2. The Morgan fingerprint density at radius 3 is 2.56 bits per heavy atom. The monoisotopic (exact) mass is 554 g/mol. The number of carbonyl (C=O) groups excluding carboxylic acids is 3. The number of anilines is 1. The molecule has 3 atom stereocenters. The second-order valence-electron chi connectivity index (χ2n) is 8.05. The first-order valence-electron chi connectivity index (χ1n) is 10.8. The summed E-state index contributed by atoms with van der Waals surface area (Å²) in [7, 11) is 0. The van der Waals surface area contributed by atoms with E-state index in [9.17, 15) is 32.3 Å². The Kier molecular flexibility index (Phi) is 6.33. The summed E-state index contributed by atoms with van der Waals surface area (Å²) < 4.78 is 46.2. The number of hydrogen-bond donors (Lipinski definition) is 0. The number of ether oxygens (including phenoxy) is 1. The van der Waals surface area contributed by atoms with Crippen LogP contribution in [0.15, 0.2) is 51.6 Å². The molecule has 2 amide bonds. The molecule has 0 radical (unpaired) electrons. The number of carbonyl (C=O) groups is 3. The van der Waals surface area contributed by atoms with Crippen LogP contribution in [-0.2, 0) is 31.8 Å². The molecular weight excluding hydrogens is 537 g/mol. The standard InChI is InChI=1S/C23H17F3N2O5S3/c1-2-33-14(29)10-27-21-18(36-22(27)32)15(13-7-4-8-34-13)16-17(35-21)20(31)28(19(16)30)12-6-3-5-11(9-12)23(24,25)26/h3-9,15-17H,2,10H2,1H3/t15-,16-,17+/m0/s1. The van der Waals surface area contributed by atoms with E-state index in [1.54, 1.807) is 24.4 Å². The molecule has 1 saturated heterocycles. The van der Waals surface area contributed by atoms with Crippen LogP contribution >= 0.6 is 34.4 Å². The van der Waals surface area contributed by atoms with Crippen LogP contribution in [0.25, 0.3) is 0 Å². The van der Waals surface area contributed by atoms with Gasteiger partial charge in [0.05, 0.1) is 28.8 Å². The fourth-order valence-corrected chi connectivity index (χ4v) is 8.16. The third kappa shape index (κ3) is 4.08. The molecule has 2 aliphatic heterocycles. The van der Waals surface area contributed by atoms with E-state index in [4.69, 9.17) is 4.74 Å². The fraction of sp³-hybridized carbons (Fsp3) is 0.304. The summed E-state index contributed by atoms with van der Waals surface area (Å²) in [5.74, 6) is -3.48. The van der Waals surface area contributed by atoms with Crippen molar-refractivity contribution >= 4 is 57.9 Å². The molecule has 188 valence electrons. The van der Waals surface area contributed by atoms with Crippen molar-refractivity contribution in [3.63, 3.8) is 0 Å². The molecule has 0 N–H and O–H groups in total. The third-order valence-corrected chi connectivity index (χ3v) is 9.48. The third-order valence-electron chi connectivity index (χ3n) is 5.92. The summed E-state index contributed by atoms with van der Waals surface area (Å²) in [5.41, 5.74) is -1.13. The maximum atomic E-state index is 13.6. The number of alkyl halides is 3. The average Bonchev–Trinajstić information content (AvgIpc) is 3.51. The molecule has 0 saturated carbocycles. The van der Waals surface area contributed by atoms with Gasteiger partial charge in [0, 0.05) is 15.7 Å². The van der Waals surface area contributed by atoms with Gasteiger partial charge in [-0.3, -0.25) is 23.7 Å². The van der Waals surface area contributed by atoms with Gasteiger partial charge in [-0.15, -0.1) is 11.3 Å². The van der Waals surface area contributed by atoms with Crippen LogP contribution in [0.3, 0.4) is 0 Å². The Bertz CT molecular complexity index is 1410. The lowest BCUT2D eigenvalue weighted by molar-refractivity contribution is -0.144. The summed E-state index contributed by atoms with van der Waals surface area (Å²) in [4.78, 5) is 53.8. The van der Waals surface area contributed by atoms with Gasteiger partial charge in [0.25, 0.3) is 0 Å². The molecular formula is C23H17F3N2O5S3. The number of benzene rings is 1. The number of thiazole rings is 1. The molecule has 2 aromatic heterocycles. The van der Waals surface area contributed by atoms with Gasteiger partial charge < -0.3 is 4.74 Å². The molecule has 0 bridgehead atoms. The highest BCUT2D eigenvalue weighted by Gasteiger charge is 2.57. The van der Waals surface area contributed by atoms with E-state index < -0.39 is 51.5 Å². The van der Waals surface area contributed by atoms with Gasteiger partial charge in [0.1, 0.15) is 11.8 Å². The summed E-state index contributed by atoms with van der Waals surface area (Å²) >= 11 is 3.23. The number of amides is 2. The number of imide groups is 1. The zero-order chi connectivity index (χ0) is 25.8. The lowest BCUT2D eigenvalue weighted by Crippen LogP contribution is -2.32. The molecule has 2 aliphatic rings. The van der Waals surface area contributed by atoms with Crippen molar-refractivity contribution in [1.82, 2.24) is 4.57 Å². The molecule has 1 aromatic carbocycles. The number of nitrogens with zero attached hydrogens (tertiary/aromatic N) is 2. The first-order chi connectivity index (χ1) is 17.1. The normalized spacial score (nSPS) is 21.4. The Balaban J connectivity index is 1.60. The smallest absolute Gasteiger partial charge is 0.416 e. The molecule has 1 fully saturated rings. The Hall–Kier alpha value is -2.90. The number of halogens is 3. The lowest BCUT2D eigenvalue weighted by Gasteiger charge is -2.29. The second-order valence-corrected chi connectivity index (χ2v) is 11.1. The van der Waals surface area contributed by atoms with Crippen molar-refractivity contribution in [2.45, 2.75) is 35.8 Å². The Morgan fingerprint density at radius 2 is 1.89 bits per heavy atom. The average molecular weight is 555 g/mol. The second kappa shape index (κ2) is 9.20. The van der Waals surface area contributed by atoms with Gasteiger partial charge >= 0.3 is 17.0 Å². The van der Waals surface area contributed by atoms with E-state index in [-0.39, 0.29) is 18.8 Å². The van der Waals surface area contributed by atoms with Crippen LogP contribution in [0, 0.1) is 5.92 Å². The van der Waals surface area contributed by atoms with Crippen LogP contribution in [-0.4, -0.2) is 34.2 Å².